The van der Waals surface area contributed by atoms with E-state index in [2.05, 4.69) is 10.6 Å². The molecule has 2 heterocycles. The maximum Gasteiger partial charge on any atom is 0.251 e. The Hall–Kier alpha value is -2.28. The maximum absolute atomic E-state index is 12.6. The molecule has 2 amide bonds. The van der Waals surface area contributed by atoms with Gasteiger partial charge in [0.2, 0.25) is 12.7 Å². The first-order valence-corrected chi connectivity index (χ1v) is 9.13. The zero-order valence-electron chi connectivity index (χ0n) is 14.8. The van der Waals surface area contributed by atoms with Gasteiger partial charge in [-0.2, -0.15) is 0 Å². The van der Waals surface area contributed by atoms with E-state index in [9.17, 15) is 9.59 Å². The van der Waals surface area contributed by atoms with E-state index in [0.29, 0.717) is 36.0 Å². The Morgan fingerprint density at radius 2 is 2.15 bits per heavy atom. The van der Waals surface area contributed by atoms with Gasteiger partial charge in [0, 0.05) is 37.8 Å². The quantitative estimate of drug-likeness (QED) is 0.849. The molecule has 4 atom stereocenters. The zero-order chi connectivity index (χ0) is 18.1. The molecule has 0 aromatic heterocycles. The predicted octanol–water partition coefficient (Wildman–Crippen LogP) is 1.46. The number of carbonyl (C=O) groups is 2. The lowest BCUT2D eigenvalue weighted by atomic mass is 9.71. The fourth-order valence-corrected chi connectivity index (χ4v) is 4.41. The first kappa shape index (κ1) is 17.1. The molecule has 4 rings (SSSR count). The highest BCUT2D eigenvalue weighted by molar-refractivity contribution is 5.95. The summed E-state index contributed by atoms with van der Waals surface area (Å²) in [5.41, 5.74) is 0.557. The lowest BCUT2D eigenvalue weighted by Crippen LogP contribution is -2.56. The molecule has 1 saturated carbocycles. The summed E-state index contributed by atoms with van der Waals surface area (Å²) >= 11 is 0. The van der Waals surface area contributed by atoms with Crippen molar-refractivity contribution in [2.24, 2.45) is 11.8 Å². The van der Waals surface area contributed by atoms with Gasteiger partial charge in [-0.3, -0.25) is 9.59 Å². The summed E-state index contributed by atoms with van der Waals surface area (Å²) in [6, 6.07) is 5.36. The fraction of sp³-hybridized carbons (Fsp3) is 0.579. The normalized spacial score (nSPS) is 29.7. The number of nitrogens with one attached hydrogen (secondary N) is 2. The molecule has 1 aliphatic carbocycles. The second kappa shape index (κ2) is 7.15. The number of benzene rings is 1. The van der Waals surface area contributed by atoms with Crippen molar-refractivity contribution in [3.63, 3.8) is 0 Å². The van der Waals surface area contributed by atoms with Crippen LogP contribution in [0.1, 0.15) is 36.0 Å². The molecule has 1 aromatic rings. The molecule has 0 bridgehead atoms. The number of ether oxygens (including phenoxy) is 3. The highest BCUT2D eigenvalue weighted by Crippen LogP contribution is 2.36. The molecular weight excluding hydrogens is 336 g/mol. The first-order valence-electron chi connectivity index (χ1n) is 9.13. The Bertz CT molecular complexity index is 707. The summed E-state index contributed by atoms with van der Waals surface area (Å²) in [5.74, 6) is 1.91. The molecular formula is C19H24N2O5. The van der Waals surface area contributed by atoms with Crippen LogP contribution in [0.15, 0.2) is 18.2 Å². The summed E-state index contributed by atoms with van der Waals surface area (Å²) in [6.07, 6.45) is 3.18. The number of rotatable bonds is 4. The van der Waals surface area contributed by atoms with Crippen LogP contribution >= 0.6 is 0 Å². The third-order valence-electron chi connectivity index (χ3n) is 5.65. The van der Waals surface area contributed by atoms with Crippen molar-refractivity contribution in [3.05, 3.63) is 23.8 Å². The molecule has 1 saturated heterocycles. The topological polar surface area (TPSA) is 85.9 Å². The Kier molecular flexibility index (Phi) is 4.72. The zero-order valence-corrected chi connectivity index (χ0v) is 14.8. The van der Waals surface area contributed by atoms with Crippen molar-refractivity contribution in [2.75, 3.05) is 20.5 Å². The molecule has 140 valence electrons. The summed E-state index contributed by atoms with van der Waals surface area (Å²) in [7, 11) is 1.68. The number of fused-ring (bicyclic) bond motifs is 2. The van der Waals surface area contributed by atoms with E-state index in [1.165, 1.54) is 0 Å². The molecule has 2 N–H and O–H groups in total. The van der Waals surface area contributed by atoms with Gasteiger partial charge in [-0.25, -0.2) is 0 Å². The van der Waals surface area contributed by atoms with Gasteiger partial charge in [0.15, 0.2) is 11.5 Å². The van der Waals surface area contributed by atoms with E-state index in [4.69, 9.17) is 14.2 Å². The van der Waals surface area contributed by atoms with Crippen molar-refractivity contribution < 1.29 is 23.8 Å². The van der Waals surface area contributed by atoms with Gasteiger partial charge in [0.25, 0.3) is 5.91 Å². The number of hydrogen-bond donors (Lipinski definition) is 2. The van der Waals surface area contributed by atoms with Crippen LogP contribution in [0.2, 0.25) is 0 Å². The fourth-order valence-electron chi connectivity index (χ4n) is 4.41. The molecule has 7 nitrogen and oxygen atoms in total. The van der Waals surface area contributed by atoms with E-state index in [-0.39, 0.29) is 36.6 Å². The molecule has 2 aliphatic heterocycles. The summed E-state index contributed by atoms with van der Waals surface area (Å²) in [6.45, 7) is 0.803. The van der Waals surface area contributed by atoms with Crippen LogP contribution in [0.25, 0.3) is 0 Å². The monoisotopic (exact) mass is 360 g/mol. The van der Waals surface area contributed by atoms with Gasteiger partial charge in [-0.15, -0.1) is 0 Å². The van der Waals surface area contributed by atoms with Crippen molar-refractivity contribution in [1.29, 1.82) is 0 Å². The van der Waals surface area contributed by atoms with E-state index >= 15 is 0 Å². The SMILES string of the molecule is COCC1CC(=O)NC2CC(NC(=O)c3ccc4c(c3)OCO4)CCC12. The van der Waals surface area contributed by atoms with E-state index in [1.807, 2.05) is 0 Å². The number of piperidine rings is 1. The van der Waals surface area contributed by atoms with Crippen LogP contribution < -0.4 is 20.1 Å². The van der Waals surface area contributed by atoms with Crippen molar-refractivity contribution in [3.8, 4) is 11.5 Å². The number of amides is 2. The smallest absolute Gasteiger partial charge is 0.251 e. The van der Waals surface area contributed by atoms with E-state index < -0.39 is 0 Å². The summed E-state index contributed by atoms with van der Waals surface area (Å²) in [4.78, 5) is 24.6. The van der Waals surface area contributed by atoms with E-state index in [1.54, 1.807) is 25.3 Å². The van der Waals surface area contributed by atoms with Gasteiger partial charge in [-0.05, 0) is 49.3 Å². The first-order chi connectivity index (χ1) is 12.6. The molecule has 0 spiro atoms. The van der Waals surface area contributed by atoms with Gasteiger partial charge in [-0.1, -0.05) is 0 Å². The van der Waals surface area contributed by atoms with Crippen molar-refractivity contribution in [2.45, 2.75) is 37.8 Å². The standard InChI is InChI=1S/C19H24N2O5/c1-24-9-12-7-18(22)21-15-8-13(3-4-14(12)15)20-19(23)11-2-5-16-17(6-11)26-10-25-16/h2,5-6,12-15H,3-4,7-10H2,1H3,(H,20,23)(H,21,22). The van der Waals surface area contributed by atoms with Crippen LogP contribution in [-0.4, -0.2) is 44.4 Å². The van der Waals surface area contributed by atoms with Crippen LogP contribution in [0, 0.1) is 11.8 Å². The molecule has 7 heteroatoms. The average molecular weight is 360 g/mol. The lowest BCUT2D eigenvalue weighted by molar-refractivity contribution is -0.128. The van der Waals surface area contributed by atoms with Crippen molar-refractivity contribution >= 4 is 11.8 Å². The highest BCUT2D eigenvalue weighted by Gasteiger charge is 2.41. The maximum atomic E-state index is 12.6. The molecule has 0 radical (unpaired) electrons. The van der Waals surface area contributed by atoms with E-state index in [0.717, 1.165) is 19.3 Å². The third-order valence-corrected chi connectivity index (χ3v) is 5.65. The molecule has 2 fully saturated rings. The minimum absolute atomic E-state index is 0.0516. The van der Waals surface area contributed by atoms with Crippen molar-refractivity contribution in [1.82, 2.24) is 10.6 Å². The Morgan fingerprint density at radius 1 is 1.31 bits per heavy atom. The molecule has 1 aromatic carbocycles. The Balaban J connectivity index is 1.39. The van der Waals surface area contributed by atoms with Crippen LogP contribution in [-0.2, 0) is 9.53 Å². The Labute approximate surface area is 152 Å². The van der Waals surface area contributed by atoms with Crippen LogP contribution in [0.4, 0.5) is 0 Å². The van der Waals surface area contributed by atoms with Crippen LogP contribution in [0.3, 0.4) is 0 Å². The van der Waals surface area contributed by atoms with Gasteiger partial charge in [0.1, 0.15) is 0 Å². The van der Waals surface area contributed by atoms with Gasteiger partial charge >= 0.3 is 0 Å². The lowest BCUT2D eigenvalue weighted by Gasteiger charge is -2.43. The second-order valence-corrected chi connectivity index (χ2v) is 7.31. The molecule has 3 aliphatic rings. The summed E-state index contributed by atoms with van der Waals surface area (Å²) < 4.78 is 15.9. The number of carbonyl (C=O) groups excluding carboxylic acids is 2. The molecule has 26 heavy (non-hydrogen) atoms. The van der Waals surface area contributed by atoms with Gasteiger partial charge in [0.05, 0.1) is 0 Å². The second-order valence-electron chi connectivity index (χ2n) is 7.31. The average Bonchev–Trinajstić information content (AvgIpc) is 3.09. The third kappa shape index (κ3) is 3.35. The predicted molar refractivity (Wildman–Crippen MR) is 93.1 cm³/mol. The highest BCUT2D eigenvalue weighted by atomic mass is 16.7. The molecule has 4 unspecified atom stereocenters. The number of hydrogen-bond acceptors (Lipinski definition) is 5. The minimum Gasteiger partial charge on any atom is -0.454 e. The number of methoxy groups -OCH3 is 1. The van der Waals surface area contributed by atoms with Crippen LogP contribution in [0.5, 0.6) is 11.5 Å². The van der Waals surface area contributed by atoms with Gasteiger partial charge < -0.3 is 24.8 Å². The largest absolute Gasteiger partial charge is 0.454 e. The summed E-state index contributed by atoms with van der Waals surface area (Å²) in [5, 5.41) is 6.20. The minimum atomic E-state index is -0.123. The Morgan fingerprint density at radius 3 is 3.00 bits per heavy atom.